The molecule has 1 heterocycles. The number of rotatable bonds is 4. The van der Waals surface area contributed by atoms with Gasteiger partial charge < -0.3 is 19.5 Å². The molecule has 1 aliphatic carbocycles. The Morgan fingerprint density at radius 3 is 2.95 bits per heavy atom. The van der Waals surface area contributed by atoms with Crippen LogP contribution in [-0.2, 0) is 6.54 Å². The lowest BCUT2D eigenvalue weighted by Gasteiger charge is -2.17. The van der Waals surface area contributed by atoms with Gasteiger partial charge in [-0.2, -0.15) is 0 Å². The fourth-order valence-electron chi connectivity index (χ4n) is 2.98. The molecule has 0 bridgehead atoms. The Bertz CT molecular complexity index is 461. The zero-order chi connectivity index (χ0) is 13.2. The summed E-state index contributed by atoms with van der Waals surface area (Å²) in [5, 5.41) is 3.64. The van der Waals surface area contributed by atoms with Crippen LogP contribution in [0.2, 0.25) is 0 Å². The Hall–Kier alpha value is -1.42. The van der Waals surface area contributed by atoms with Crippen molar-refractivity contribution >= 4 is 0 Å². The Morgan fingerprint density at radius 1 is 1.32 bits per heavy atom. The maximum absolute atomic E-state index is 5.44. The Labute approximate surface area is 114 Å². The van der Waals surface area contributed by atoms with Crippen LogP contribution in [-0.4, -0.2) is 19.9 Å². The van der Waals surface area contributed by atoms with Gasteiger partial charge in [0.2, 0.25) is 12.5 Å². The highest BCUT2D eigenvalue weighted by atomic mass is 16.7. The molecule has 2 unspecified atom stereocenters. The number of fused-ring (bicyclic) bond motifs is 1. The molecular weight excluding hydrogens is 242 g/mol. The summed E-state index contributed by atoms with van der Waals surface area (Å²) in [6, 6.07) is 4.70. The van der Waals surface area contributed by atoms with E-state index in [0.717, 1.165) is 29.7 Å². The first-order chi connectivity index (χ1) is 9.28. The van der Waals surface area contributed by atoms with E-state index in [9.17, 15) is 0 Å². The van der Waals surface area contributed by atoms with E-state index in [-0.39, 0.29) is 6.79 Å². The Balaban J connectivity index is 1.71. The second-order valence-corrected chi connectivity index (χ2v) is 5.43. The number of hydrogen-bond donors (Lipinski definition) is 1. The maximum atomic E-state index is 5.44. The first-order valence-corrected chi connectivity index (χ1v) is 6.98. The topological polar surface area (TPSA) is 39.7 Å². The molecule has 3 rings (SSSR count). The van der Waals surface area contributed by atoms with Crippen molar-refractivity contribution in [2.75, 3.05) is 13.9 Å². The Morgan fingerprint density at radius 2 is 2.21 bits per heavy atom. The number of ether oxygens (including phenoxy) is 3. The summed E-state index contributed by atoms with van der Waals surface area (Å²) in [5.41, 5.74) is 1.18. The molecule has 0 aromatic heterocycles. The highest BCUT2D eigenvalue weighted by Crippen LogP contribution is 2.41. The van der Waals surface area contributed by atoms with Crippen LogP contribution in [0.1, 0.15) is 31.7 Å². The molecule has 0 saturated heterocycles. The van der Waals surface area contributed by atoms with Crippen molar-refractivity contribution in [3.8, 4) is 17.2 Å². The summed E-state index contributed by atoms with van der Waals surface area (Å²) in [7, 11) is 1.66. The van der Waals surface area contributed by atoms with E-state index in [1.807, 2.05) is 12.1 Å². The van der Waals surface area contributed by atoms with Gasteiger partial charge in [-0.15, -0.1) is 0 Å². The predicted molar refractivity (Wildman–Crippen MR) is 72.8 cm³/mol. The van der Waals surface area contributed by atoms with Gasteiger partial charge in [0.1, 0.15) is 0 Å². The second-order valence-electron chi connectivity index (χ2n) is 5.43. The van der Waals surface area contributed by atoms with Crippen molar-refractivity contribution in [1.29, 1.82) is 0 Å². The summed E-state index contributed by atoms with van der Waals surface area (Å²) in [5.74, 6) is 3.04. The summed E-state index contributed by atoms with van der Waals surface area (Å²) in [6.07, 6.45) is 3.95. The van der Waals surface area contributed by atoms with Crippen LogP contribution in [0.15, 0.2) is 12.1 Å². The number of nitrogens with one attached hydrogen (secondary N) is 1. The third-order valence-corrected chi connectivity index (χ3v) is 4.15. The summed E-state index contributed by atoms with van der Waals surface area (Å²) >= 11 is 0. The normalized spacial score (nSPS) is 24.7. The van der Waals surface area contributed by atoms with Crippen LogP contribution in [0.4, 0.5) is 0 Å². The average Bonchev–Trinajstić information content (AvgIpc) is 3.04. The molecule has 0 amide bonds. The van der Waals surface area contributed by atoms with E-state index in [1.165, 1.54) is 24.8 Å². The summed E-state index contributed by atoms with van der Waals surface area (Å²) in [6.45, 7) is 3.45. The monoisotopic (exact) mass is 263 g/mol. The largest absolute Gasteiger partial charge is 0.493 e. The molecule has 0 spiro atoms. The van der Waals surface area contributed by atoms with Crippen molar-refractivity contribution in [2.45, 2.75) is 38.8 Å². The maximum Gasteiger partial charge on any atom is 0.231 e. The minimum Gasteiger partial charge on any atom is -0.493 e. The molecular formula is C15H21NO3. The van der Waals surface area contributed by atoms with E-state index in [2.05, 4.69) is 12.2 Å². The second kappa shape index (κ2) is 5.29. The molecule has 1 saturated carbocycles. The fourth-order valence-corrected chi connectivity index (χ4v) is 2.98. The standard InChI is InChI=1S/C15H21NO3/c1-10-4-3-5-12(10)16-8-11-6-13(17-2)15-14(7-11)18-9-19-15/h6-7,10,12,16H,3-5,8-9H2,1-2H3. The molecule has 1 N–H and O–H groups in total. The van der Waals surface area contributed by atoms with Gasteiger partial charge in [0.25, 0.3) is 0 Å². The van der Waals surface area contributed by atoms with Crippen LogP contribution < -0.4 is 19.5 Å². The van der Waals surface area contributed by atoms with E-state index in [1.54, 1.807) is 7.11 Å². The number of benzene rings is 1. The van der Waals surface area contributed by atoms with Gasteiger partial charge in [-0.05, 0) is 36.5 Å². The lowest BCUT2D eigenvalue weighted by Crippen LogP contribution is -2.30. The minimum atomic E-state index is 0.280. The van der Waals surface area contributed by atoms with Crippen molar-refractivity contribution < 1.29 is 14.2 Å². The first-order valence-electron chi connectivity index (χ1n) is 6.98. The molecule has 1 fully saturated rings. The first kappa shape index (κ1) is 12.6. The molecule has 4 heteroatoms. The third kappa shape index (κ3) is 2.50. The van der Waals surface area contributed by atoms with Crippen LogP contribution in [0.3, 0.4) is 0 Å². The zero-order valence-corrected chi connectivity index (χ0v) is 11.6. The molecule has 2 atom stereocenters. The van der Waals surface area contributed by atoms with Crippen LogP contribution in [0.25, 0.3) is 0 Å². The molecule has 19 heavy (non-hydrogen) atoms. The fraction of sp³-hybridized carbons (Fsp3) is 0.600. The van der Waals surface area contributed by atoms with Gasteiger partial charge in [0, 0.05) is 12.6 Å². The number of methoxy groups -OCH3 is 1. The highest BCUT2D eigenvalue weighted by Gasteiger charge is 2.24. The molecule has 2 aliphatic rings. The predicted octanol–water partition coefficient (Wildman–Crippen LogP) is 2.70. The lowest BCUT2D eigenvalue weighted by molar-refractivity contribution is 0.171. The van der Waals surface area contributed by atoms with E-state index in [0.29, 0.717) is 6.04 Å². The zero-order valence-electron chi connectivity index (χ0n) is 11.6. The van der Waals surface area contributed by atoms with E-state index < -0.39 is 0 Å². The van der Waals surface area contributed by atoms with Gasteiger partial charge in [0.15, 0.2) is 11.5 Å². The molecule has 1 aliphatic heterocycles. The van der Waals surface area contributed by atoms with Gasteiger partial charge >= 0.3 is 0 Å². The molecule has 4 nitrogen and oxygen atoms in total. The van der Waals surface area contributed by atoms with Crippen molar-refractivity contribution in [1.82, 2.24) is 5.32 Å². The minimum absolute atomic E-state index is 0.280. The van der Waals surface area contributed by atoms with Gasteiger partial charge in [-0.3, -0.25) is 0 Å². The highest BCUT2D eigenvalue weighted by molar-refractivity contribution is 5.55. The smallest absolute Gasteiger partial charge is 0.231 e. The van der Waals surface area contributed by atoms with Gasteiger partial charge in [-0.1, -0.05) is 13.3 Å². The van der Waals surface area contributed by atoms with E-state index >= 15 is 0 Å². The average molecular weight is 263 g/mol. The van der Waals surface area contributed by atoms with Crippen molar-refractivity contribution in [2.24, 2.45) is 5.92 Å². The molecule has 1 aromatic rings. The van der Waals surface area contributed by atoms with Crippen molar-refractivity contribution in [3.63, 3.8) is 0 Å². The summed E-state index contributed by atoms with van der Waals surface area (Å²) in [4.78, 5) is 0. The third-order valence-electron chi connectivity index (χ3n) is 4.15. The lowest BCUT2D eigenvalue weighted by atomic mass is 10.1. The quantitative estimate of drug-likeness (QED) is 0.906. The van der Waals surface area contributed by atoms with Crippen LogP contribution in [0.5, 0.6) is 17.2 Å². The van der Waals surface area contributed by atoms with Crippen molar-refractivity contribution in [3.05, 3.63) is 17.7 Å². The molecule has 104 valence electrons. The van der Waals surface area contributed by atoms with E-state index in [4.69, 9.17) is 14.2 Å². The van der Waals surface area contributed by atoms with Crippen LogP contribution >= 0.6 is 0 Å². The Kier molecular flexibility index (Phi) is 3.51. The SMILES string of the molecule is COc1cc(CNC2CCCC2C)cc2c1OCO2. The van der Waals surface area contributed by atoms with Crippen LogP contribution in [0, 0.1) is 5.92 Å². The molecule has 1 aromatic carbocycles. The summed E-state index contributed by atoms with van der Waals surface area (Å²) < 4.78 is 16.2. The molecule has 0 radical (unpaired) electrons. The van der Waals surface area contributed by atoms with Gasteiger partial charge in [0.05, 0.1) is 7.11 Å². The number of hydrogen-bond acceptors (Lipinski definition) is 4. The van der Waals surface area contributed by atoms with Gasteiger partial charge in [-0.25, -0.2) is 0 Å².